The molecule has 1 aromatic rings. The molecule has 1 amide bonds. The van der Waals surface area contributed by atoms with Crippen LogP contribution in [0.3, 0.4) is 0 Å². The van der Waals surface area contributed by atoms with Crippen molar-refractivity contribution in [1.82, 2.24) is 4.90 Å². The number of benzene rings is 1. The molecule has 0 aliphatic carbocycles. The van der Waals surface area contributed by atoms with Gasteiger partial charge in [0, 0.05) is 12.5 Å². The number of nitrogens with zero attached hydrogens (tertiary/aromatic N) is 1. The molecule has 6 heteroatoms. The van der Waals surface area contributed by atoms with Crippen LogP contribution in [0.25, 0.3) is 0 Å². The lowest BCUT2D eigenvalue weighted by Gasteiger charge is -2.22. The Morgan fingerprint density at radius 2 is 2.04 bits per heavy atom. The molecule has 0 aromatic heterocycles. The van der Waals surface area contributed by atoms with Crippen LogP contribution in [0.4, 0.5) is 4.79 Å². The molecule has 6 nitrogen and oxygen atoms in total. The Morgan fingerprint density at radius 3 is 2.79 bits per heavy atom. The number of rotatable bonds is 5. The lowest BCUT2D eigenvalue weighted by atomic mass is 9.90. The molecular formula is C18H23NO5. The van der Waals surface area contributed by atoms with Crippen LogP contribution in [0.1, 0.15) is 25.3 Å². The molecule has 2 heterocycles. The van der Waals surface area contributed by atoms with Gasteiger partial charge in [0.1, 0.15) is 12.8 Å². The summed E-state index contributed by atoms with van der Waals surface area (Å²) in [5.41, 5.74) is 0.953. The average Bonchev–Trinajstić information content (AvgIpc) is 3.17. The lowest BCUT2D eigenvalue weighted by Crippen LogP contribution is -2.37. The number of amides is 1. The Labute approximate surface area is 141 Å². The highest BCUT2D eigenvalue weighted by molar-refractivity contribution is 5.70. The van der Waals surface area contributed by atoms with Crippen molar-refractivity contribution in [2.45, 2.75) is 32.6 Å². The second-order valence-electron chi connectivity index (χ2n) is 6.18. The summed E-state index contributed by atoms with van der Waals surface area (Å²) >= 11 is 0. The number of ether oxygens (including phenoxy) is 3. The van der Waals surface area contributed by atoms with Gasteiger partial charge in [0.15, 0.2) is 0 Å². The Hall–Kier alpha value is -2.08. The third kappa shape index (κ3) is 3.70. The zero-order chi connectivity index (χ0) is 16.9. The summed E-state index contributed by atoms with van der Waals surface area (Å²) in [7, 11) is 0. The zero-order valence-electron chi connectivity index (χ0n) is 13.8. The topological polar surface area (TPSA) is 65.1 Å². The minimum absolute atomic E-state index is 0.112. The molecule has 0 spiro atoms. The van der Waals surface area contributed by atoms with Gasteiger partial charge in [-0.25, -0.2) is 4.79 Å². The van der Waals surface area contributed by atoms with Crippen LogP contribution in [-0.2, 0) is 25.6 Å². The van der Waals surface area contributed by atoms with E-state index in [9.17, 15) is 9.59 Å². The lowest BCUT2D eigenvalue weighted by molar-refractivity contribution is -0.144. The van der Waals surface area contributed by atoms with Crippen LogP contribution >= 0.6 is 0 Å². The molecule has 0 radical (unpaired) electrons. The standard InChI is InChI=1S/C18H23NO5/c1-2-22-16(20)10-14-12-23-17-15(14)8-9-19(17)18(21)24-11-13-6-4-3-5-7-13/h3-7,14-15,17H,2,8-12H2,1H3/t14-,15-,17+/m1/s1. The Balaban J connectivity index is 1.52. The summed E-state index contributed by atoms with van der Waals surface area (Å²) in [6.07, 6.45) is 0.535. The van der Waals surface area contributed by atoms with Gasteiger partial charge in [-0.2, -0.15) is 0 Å². The van der Waals surface area contributed by atoms with E-state index in [1.165, 1.54) is 0 Å². The van der Waals surface area contributed by atoms with Crippen LogP contribution in [-0.4, -0.2) is 42.9 Å². The predicted molar refractivity (Wildman–Crippen MR) is 85.9 cm³/mol. The van der Waals surface area contributed by atoms with Crippen molar-refractivity contribution in [3.05, 3.63) is 35.9 Å². The number of carbonyl (C=O) groups excluding carboxylic acids is 2. The molecule has 0 bridgehead atoms. The summed E-state index contributed by atoms with van der Waals surface area (Å²) in [6, 6.07) is 9.58. The van der Waals surface area contributed by atoms with Crippen LogP contribution in [0, 0.1) is 11.8 Å². The molecule has 2 aliphatic rings. The van der Waals surface area contributed by atoms with Gasteiger partial charge >= 0.3 is 12.1 Å². The molecule has 0 saturated carbocycles. The number of likely N-dealkylation sites (tertiary alicyclic amines) is 1. The monoisotopic (exact) mass is 333 g/mol. The first-order valence-electron chi connectivity index (χ1n) is 8.43. The molecule has 1 aromatic carbocycles. The molecule has 3 rings (SSSR count). The van der Waals surface area contributed by atoms with Crippen LogP contribution in [0.2, 0.25) is 0 Å². The van der Waals surface area contributed by atoms with E-state index < -0.39 is 0 Å². The van der Waals surface area contributed by atoms with E-state index in [1.807, 2.05) is 30.3 Å². The molecule has 2 fully saturated rings. The van der Waals surface area contributed by atoms with Gasteiger partial charge in [-0.1, -0.05) is 30.3 Å². The highest BCUT2D eigenvalue weighted by atomic mass is 16.6. The fourth-order valence-corrected chi connectivity index (χ4v) is 3.46. The van der Waals surface area contributed by atoms with E-state index in [-0.39, 0.29) is 36.7 Å². The van der Waals surface area contributed by atoms with Crippen molar-refractivity contribution >= 4 is 12.1 Å². The summed E-state index contributed by atoms with van der Waals surface area (Å²) in [5, 5.41) is 0. The van der Waals surface area contributed by atoms with Gasteiger partial charge in [0.05, 0.1) is 19.6 Å². The molecule has 2 aliphatic heterocycles. The fraction of sp³-hybridized carbons (Fsp3) is 0.556. The first-order valence-corrected chi connectivity index (χ1v) is 8.43. The van der Waals surface area contributed by atoms with Crippen molar-refractivity contribution < 1.29 is 23.8 Å². The van der Waals surface area contributed by atoms with E-state index in [0.29, 0.717) is 26.2 Å². The molecule has 0 N–H and O–H groups in total. The average molecular weight is 333 g/mol. The van der Waals surface area contributed by atoms with Crippen molar-refractivity contribution in [2.24, 2.45) is 11.8 Å². The molecule has 130 valence electrons. The third-order valence-electron chi connectivity index (χ3n) is 4.64. The summed E-state index contributed by atoms with van der Waals surface area (Å²) < 4.78 is 16.2. The van der Waals surface area contributed by atoms with Crippen molar-refractivity contribution in [3.63, 3.8) is 0 Å². The number of hydrogen-bond donors (Lipinski definition) is 0. The van der Waals surface area contributed by atoms with E-state index in [2.05, 4.69) is 0 Å². The maximum absolute atomic E-state index is 12.3. The number of carbonyl (C=O) groups is 2. The van der Waals surface area contributed by atoms with Crippen LogP contribution in [0.5, 0.6) is 0 Å². The number of esters is 1. The van der Waals surface area contributed by atoms with Gasteiger partial charge in [0.25, 0.3) is 0 Å². The Morgan fingerprint density at radius 1 is 1.25 bits per heavy atom. The van der Waals surface area contributed by atoms with Crippen LogP contribution < -0.4 is 0 Å². The van der Waals surface area contributed by atoms with Gasteiger partial charge < -0.3 is 14.2 Å². The molecule has 0 unspecified atom stereocenters. The summed E-state index contributed by atoms with van der Waals surface area (Å²) in [5.74, 6) is 0.0940. The largest absolute Gasteiger partial charge is 0.466 e. The molecule has 24 heavy (non-hydrogen) atoms. The summed E-state index contributed by atoms with van der Waals surface area (Å²) in [6.45, 7) is 3.52. The second kappa shape index (κ2) is 7.66. The van der Waals surface area contributed by atoms with Gasteiger partial charge in [0.2, 0.25) is 0 Å². The minimum atomic E-state index is -0.358. The Bertz CT molecular complexity index is 576. The maximum atomic E-state index is 12.3. The summed E-state index contributed by atoms with van der Waals surface area (Å²) in [4.78, 5) is 25.6. The first kappa shape index (κ1) is 16.8. The highest BCUT2D eigenvalue weighted by Gasteiger charge is 2.47. The number of hydrogen-bond acceptors (Lipinski definition) is 5. The van der Waals surface area contributed by atoms with E-state index in [4.69, 9.17) is 14.2 Å². The predicted octanol–water partition coefficient (Wildman–Crippen LogP) is 2.57. The molecular weight excluding hydrogens is 310 g/mol. The fourth-order valence-electron chi connectivity index (χ4n) is 3.46. The molecule has 3 atom stereocenters. The van der Waals surface area contributed by atoms with E-state index >= 15 is 0 Å². The quantitative estimate of drug-likeness (QED) is 0.775. The van der Waals surface area contributed by atoms with Gasteiger partial charge in [-0.3, -0.25) is 9.69 Å². The highest BCUT2D eigenvalue weighted by Crippen LogP contribution is 2.39. The van der Waals surface area contributed by atoms with Crippen molar-refractivity contribution in [3.8, 4) is 0 Å². The SMILES string of the molecule is CCOC(=O)C[C@@H]1CO[C@H]2[C@@H]1CCN2C(=O)OCc1ccccc1. The van der Waals surface area contributed by atoms with Gasteiger partial charge in [-0.15, -0.1) is 0 Å². The van der Waals surface area contributed by atoms with E-state index in [1.54, 1.807) is 11.8 Å². The maximum Gasteiger partial charge on any atom is 0.412 e. The van der Waals surface area contributed by atoms with Crippen molar-refractivity contribution in [1.29, 1.82) is 0 Å². The normalized spacial score (nSPS) is 25.4. The minimum Gasteiger partial charge on any atom is -0.466 e. The van der Waals surface area contributed by atoms with E-state index in [0.717, 1.165) is 12.0 Å². The third-order valence-corrected chi connectivity index (χ3v) is 4.64. The van der Waals surface area contributed by atoms with Crippen LogP contribution in [0.15, 0.2) is 30.3 Å². The smallest absolute Gasteiger partial charge is 0.412 e. The van der Waals surface area contributed by atoms with Crippen molar-refractivity contribution in [2.75, 3.05) is 19.8 Å². The molecule has 2 saturated heterocycles. The number of fused-ring (bicyclic) bond motifs is 1. The van der Waals surface area contributed by atoms with Gasteiger partial charge in [-0.05, 0) is 24.8 Å². The Kier molecular flexibility index (Phi) is 5.35. The second-order valence-corrected chi connectivity index (χ2v) is 6.18. The first-order chi connectivity index (χ1) is 11.7. The zero-order valence-corrected chi connectivity index (χ0v) is 13.8.